The highest BCUT2D eigenvalue weighted by atomic mass is 16.5. The van der Waals surface area contributed by atoms with Gasteiger partial charge in [0.1, 0.15) is 5.75 Å². The van der Waals surface area contributed by atoms with Crippen LogP contribution in [0.25, 0.3) is 0 Å². The smallest absolute Gasteiger partial charge is 0.262 e. The van der Waals surface area contributed by atoms with Gasteiger partial charge in [0.2, 0.25) is 5.91 Å². The Kier molecular flexibility index (Phi) is 5.58. The van der Waals surface area contributed by atoms with E-state index >= 15 is 0 Å². The van der Waals surface area contributed by atoms with Crippen LogP contribution in [-0.2, 0) is 9.59 Å². The van der Waals surface area contributed by atoms with Crippen LogP contribution in [0.1, 0.15) is 23.6 Å². The van der Waals surface area contributed by atoms with Gasteiger partial charge in [-0.2, -0.15) is 0 Å². The fraction of sp³-hybridized carbons (Fsp3) is 0.263. The topological polar surface area (TPSA) is 67.4 Å². The molecule has 0 saturated carbocycles. The molecule has 2 amide bonds. The van der Waals surface area contributed by atoms with Crippen LogP contribution in [0.4, 0.5) is 11.4 Å². The zero-order valence-electron chi connectivity index (χ0n) is 14.4. The Bertz CT molecular complexity index is 749. The molecule has 2 aromatic rings. The minimum Gasteiger partial charge on any atom is -0.483 e. The van der Waals surface area contributed by atoms with Gasteiger partial charge < -0.3 is 15.4 Å². The molecule has 24 heavy (non-hydrogen) atoms. The van der Waals surface area contributed by atoms with E-state index in [1.54, 1.807) is 18.2 Å². The summed E-state index contributed by atoms with van der Waals surface area (Å²) in [6, 6.07) is 11.2. The van der Waals surface area contributed by atoms with Gasteiger partial charge in [-0.25, -0.2) is 0 Å². The van der Waals surface area contributed by atoms with E-state index in [0.717, 1.165) is 22.4 Å². The number of nitrogens with one attached hydrogen (secondary N) is 2. The van der Waals surface area contributed by atoms with Crippen molar-refractivity contribution in [2.75, 3.05) is 17.2 Å². The van der Waals surface area contributed by atoms with Gasteiger partial charge in [0.05, 0.1) is 0 Å². The summed E-state index contributed by atoms with van der Waals surface area (Å²) >= 11 is 0. The number of aryl methyl sites for hydroxylation is 2. The normalized spacial score (nSPS) is 10.2. The number of benzene rings is 2. The molecule has 0 aliphatic heterocycles. The van der Waals surface area contributed by atoms with Crippen LogP contribution >= 0.6 is 0 Å². The number of ether oxygens (including phenoxy) is 1. The van der Waals surface area contributed by atoms with E-state index in [0.29, 0.717) is 11.4 Å². The molecule has 0 spiro atoms. The van der Waals surface area contributed by atoms with Crippen molar-refractivity contribution < 1.29 is 14.3 Å². The van der Waals surface area contributed by atoms with Crippen molar-refractivity contribution in [3.8, 4) is 5.75 Å². The number of rotatable bonds is 5. The van der Waals surface area contributed by atoms with E-state index in [2.05, 4.69) is 10.6 Å². The summed E-state index contributed by atoms with van der Waals surface area (Å²) in [6.07, 6.45) is 0. The predicted molar refractivity (Wildman–Crippen MR) is 95.5 cm³/mol. The Hall–Kier alpha value is -2.82. The second-order valence-corrected chi connectivity index (χ2v) is 5.72. The second kappa shape index (κ2) is 7.64. The highest BCUT2D eigenvalue weighted by molar-refractivity contribution is 5.95. The van der Waals surface area contributed by atoms with Crippen LogP contribution in [0.2, 0.25) is 0 Å². The largest absolute Gasteiger partial charge is 0.483 e. The number of carbonyl (C=O) groups excluding carboxylic acids is 2. The average molecular weight is 326 g/mol. The molecule has 0 aliphatic rings. The third kappa shape index (κ3) is 4.35. The Morgan fingerprint density at radius 1 is 0.917 bits per heavy atom. The van der Waals surface area contributed by atoms with E-state index in [1.165, 1.54) is 6.92 Å². The lowest BCUT2D eigenvalue weighted by molar-refractivity contribution is -0.118. The lowest BCUT2D eigenvalue weighted by atomic mass is 10.1. The Morgan fingerprint density at radius 3 is 2.04 bits per heavy atom. The molecular formula is C19H22N2O3. The number of hydrogen-bond acceptors (Lipinski definition) is 3. The highest BCUT2D eigenvalue weighted by Crippen LogP contribution is 2.24. The molecule has 0 heterocycles. The van der Waals surface area contributed by atoms with Crippen LogP contribution in [0.15, 0.2) is 36.4 Å². The Labute approximate surface area is 142 Å². The predicted octanol–water partition coefficient (Wildman–Crippen LogP) is 3.59. The lowest BCUT2D eigenvalue weighted by Gasteiger charge is -2.14. The van der Waals surface area contributed by atoms with Crippen LogP contribution in [-0.4, -0.2) is 18.4 Å². The third-order valence-electron chi connectivity index (χ3n) is 3.67. The average Bonchev–Trinajstić information content (AvgIpc) is 2.50. The molecule has 5 nitrogen and oxygen atoms in total. The van der Waals surface area contributed by atoms with Crippen molar-refractivity contribution in [1.82, 2.24) is 0 Å². The third-order valence-corrected chi connectivity index (χ3v) is 3.67. The van der Waals surface area contributed by atoms with E-state index in [-0.39, 0.29) is 18.4 Å². The summed E-state index contributed by atoms with van der Waals surface area (Å²) < 4.78 is 5.65. The Balaban J connectivity index is 2.04. The molecule has 0 fully saturated rings. The fourth-order valence-electron chi connectivity index (χ4n) is 2.45. The van der Waals surface area contributed by atoms with Gasteiger partial charge in [0.25, 0.3) is 5.91 Å². The zero-order valence-corrected chi connectivity index (χ0v) is 14.4. The zero-order chi connectivity index (χ0) is 17.7. The standard InChI is InChI=1S/C19H22N2O3/c1-12-7-5-8-13(2)19(12)24-11-18(23)21-17-10-6-9-16(14(17)3)20-15(4)22/h5-10H,11H2,1-4H3,(H,20,22)(H,21,23). The first-order chi connectivity index (χ1) is 11.4. The molecule has 126 valence electrons. The molecule has 0 atom stereocenters. The molecule has 0 aromatic heterocycles. The van der Waals surface area contributed by atoms with E-state index in [9.17, 15) is 9.59 Å². The first-order valence-electron chi connectivity index (χ1n) is 7.74. The Morgan fingerprint density at radius 2 is 1.46 bits per heavy atom. The summed E-state index contributed by atoms with van der Waals surface area (Å²) in [7, 11) is 0. The molecule has 0 bridgehead atoms. The molecule has 2 rings (SSSR count). The van der Waals surface area contributed by atoms with Crippen molar-refractivity contribution >= 4 is 23.2 Å². The molecule has 2 N–H and O–H groups in total. The summed E-state index contributed by atoms with van der Waals surface area (Å²) in [6.45, 7) is 7.11. The van der Waals surface area contributed by atoms with Gasteiger partial charge in [0, 0.05) is 18.3 Å². The maximum atomic E-state index is 12.2. The first-order valence-corrected chi connectivity index (χ1v) is 7.74. The molecule has 0 unspecified atom stereocenters. The van der Waals surface area contributed by atoms with Crippen molar-refractivity contribution in [2.45, 2.75) is 27.7 Å². The summed E-state index contributed by atoms with van der Waals surface area (Å²) in [4.78, 5) is 23.4. The van der Waals surface area contributed by atoms with Gasteiger partial charge in [-0.3, -0.25) is 9.59 Å². The number of para-hydroxylation sites is 1. The van der Waals surface area contributed by atoms with E-state index < -0.39 is 0 Å². The van der Waals surface area contributed by atoms with Crippen molar-refractivity contribution in [2.24, 2.45) is 0 Å². The lowest BCUT2D eigenvalue weighted by Crippen LogP contribution is -2.21. The van der Waals surface area contributed by atoms with Crippen LogP contribution in [0.3, 0.4) is 0 Å². The summed E-state index contributed by atoms with van der Waals surface area (Å²) in [5, 5.41) is 5.56. The minimum absolute atomic E-state index is 0.0739. The van der Waals surface area contributed by atoms with Crippen LogP contribution in [0.5, 0.6) is 5.75 Å². The molecular weight excluding hydrogens is 304 g/mol. The second-order valence-electron chi connectivity index (χ2n) is 5.72. The number of carbonyl (C=O) groups is 2. The van der Waals surface area contributed by atoms with Crippen molar-refractivity contribution in [3.05, 3.63) is 53.1 Å². The van der Waals surface area contributed by atoms with Crippen molar-refractivity contribution in [3.63, 3.8) is 0 Å². The SMILES string of the molecule is CC(=O)Nc1cccc(NC(=O)COc2c(C)cccc2C)c1C. The van der Waals surface area contributed by atoms with Gasteiger partial charge in [-0.05, 0) is 49.6 Å². The molecule has 0 saturated heterocycles. The van der Waals surface area contributed by atoms with E-state index in [1.807, 2.05) is 39.0 Å². The summed E-state index contributed by atoms with van der Waals surface area (Å²) in [5.41, 5.74) is 4.11. The maximum Gasteiger partial charge on any atom is 0.262 e. The molecule has 0 radical (unpaired) electrons. The van der Waals surface area contributed by atoms with Crippen LogP contribution in [0, 0.1) is 20.8 Å². The first kappa shape index (κ1) is 17.5. The molecule has 5 heteroatoms. The van der Waals surface area contributed by atoms with Crippen LogP contribution < -0.4 is 15.4 Å². The van der Waals surface area contributed by atoms with Gasteiger partial charge in [-0.15, -0.1) is 0 Å². The number of hydrogen-bond donors (Lipinski definition) is 2. The number of anilines is 2. The van der Waals surface area contributed by atoms with Gasteiger partial charge in [0.15, 0.2) is 6.61 Å². The molecule has 0 aliphatic carbocycles. The van der Waals surface area contributed by atoms with Crippen molar-refractivity contribution in [1.29, 1.82) is 0 Å². The van der Waals surface area contributed by atoms with Gasteiger partial charge >= 0.3 is 0 Å². The maximum absolute atomic E-state index is 12.2. The quantitative estimate of drug-likeness (QED) is 0.882. The van der Waals surface area contributed by atoms with E-state index in [4.69, 9.17) is 4.74 Å². The highest BCUT2D eigenvalue weighted by Gasteiger charge is 2.10. The minimum atomic E-state index is -0.249. The monoisotopic (exact) mass is 326 g/mol. The molecule has 2 aromatic carbocycles. The number of amides is 2. The summed E-state index contributed by atoms with van der Waals surface area (Å²) in [5.74, 6) is 0.331. The fourth-order valence-corrected chi connectivity index (χ4v) is 2.45. The van der Waals surface area contributed by atoms with Gasteiger partial charge in [-0.1, -0.05) is 24.3 Å².